The van der Waals surface area contributed by atoms with Gasteiger partial charge in [0.05, 0.1) is 30.1 Å². The Morgan fingerprint density at radius 1 is 1.00 bits per heavy atom. The predicted octanol–water partition coefficient (Wildman–Crippen LogP) is 8.81. The first-order valence-corrected chi connectivity index (χ1v) is 22.0. The van der Waals surface area contributed by atoms with E-state index in [4.69, 9.17) is 28.9 Å². The number of oxime groups is 1. The van der Waals surface area contributed by atoms with Crippen LogP contribution >= 0.6 is 11.8 Å². The number of nitrogens with one attached hydrogen (secondary N) is 1. The van der Waals surface area contributed by atoms with E-state index in [2.05, 4.69) is 18.0 Å². The third-order valence-electron chi connectivity index (χ3n) is 12.2. The van der Waals surface area contributed by atoms with Crippen molar-refractivity contribution >= 4 is 23.6 Å². The van der Waals surface area contributed by atoms with Gasteiger partial charge in [-0.3, -0.25) is 0 Å². The van der Waals surface area contributed by atoms with E-state index in [1.165, 1.54) is 12.8 Å². The maximum atomic E-state index is 13.2. The molecule has 2 aromatic carbocycles. The SMILES string of the molecule is C=CCO[C@@]12Oc3ccc(OC(=O)NCc4ccccc4)cc3[C@H]3[C@H](CCCCO)[C@@H](CCCCO)C=C(C(=NOC4CCCCO4)C[C@@H]1SC1CCCC1)[C@H]32. The van der Waals surface area contributed by atoms with Gasteiger partial charge in [-0.1, -0.05) is 73.3 Å². The van der Waals surface area contributed by atoms with E-state index in [-0.39, 0.29) is 48.4 Å². The van der Waals surface area contributed by atoms with Crippen LogP contribution in [0.3, 0.4) is 0 Å². The lowest BCUT2D eigenvalue weighted by Gasteiger charge is -2.58. The topological polar surface area (TPSA) is 128 Å². The number of benzene rings is 2. The van der Waals surface area contributed by atoms with Gasteiger partial charge in [0.25, 0.3) is 0 Å². The van der Waals surface area contributed by atoms with Gasteiger partial charge in [0.2, 0.25) is 12.1 Å². The summed E-state index contributed by atoms with van der Waals surface area (Å²) < 4.78 is 26.3. The number of carbonyl (C=O) groups is 1. The molecule has 7 rings (SSSR count). The lowest BCUT2D eigenvalue weighted by Crippen LogP contribution is -2.64. The molecule has 0 radical (unpaired) electrons. The van der Waals surface area contributed by atoms with Crippen molar-refractivity contribution in [2.24, 2.45) is 22.9 Å². The van der Waals surface area contributed by atoms with E-state index in [1.807, 2.05) is 60.3 Å². The fourth-order valence-corrected chi connectivity index (χ4v) is 11.4. The zero-order valence-electron chi connectivity index (χ0n) is 32.7. The van der Waals surface area contributed by atoms with Crippen LogP contribution in [0, 0.1) is 17.8 Å². The van der Waals surface area contributed by atoms with Gasteiger partial charge < -0.3 is 39.3 Å². The summed E-state index contributed by atoms with van der Waals surface area (Å²) in [5.74, 6) is 0.149. The molecule has 11 heteroatoms. The maximum absolute atomic E-state index is 13.2. The smallest absolute Gasteiger partial charge is 0.412 e. The van der Waals surface area contributed by atoms with Crippen molar-refractivity contribution in [3.63, 3.8) is 0 Å². The summed E-state index contributed by atoms with van der Waals surface area (Å²) in [6, 6.07) is 15.5. The van der Waals surface area contributed by atoms with Gasteiger partial charge in [0.1, 0.15) is 11.5 Å². The Bertz CT molecular complexity index is 1660. The third-order valence-corrected chi connectivity index (χ3v) is 13.9. The van der Waals surface area contributed by atoms with Crippen LogP contribution in [0.1, 0.15) is 107 Å². The van der Waals surface area contributed by atoms with Crippen LogP contribution in [-0.4, -0.2) is 71.0 Å². The van der Waals surface area contributed by atoms with Crippen LogP contribution in [0.2, 0.25) is 0 Å². The van der Waals surface area contributed by atoms with Crippen LogP contribution < -0.4 is 14.8 Å². The van der Waals surface area contributed by atoms with Gasteiger partial charge in [-0.25, -0.2) is 4.79 Å². The Morgan fingerprint density at radius 3 is 2.54 bits per heavy atom. The number of nitrogens with zero attached hydrogens (tertiary/aromatic N) is 1. The van der Waals surface area contributed by atoms with Gasteiger partial charge in [-0.2, -0.15) is 0 Å². The highest BCUT2D eigenvalue weighted by Crippen LogP contribution is 2.63. The third kappa shape index (κ3) is 9.50. The van der Waals surface area contributed by atoms with Crippen molar-refractivity contribution in [3.8, 4) is 11.5 Å². The van der Waals surface area contributed by atoms with Crippen LogP contribution in [0.4, 0.5) is 4.79 Å². The molecular weight excluding hydrogens is 729 g/mol. The van der Waals surface area contributed by atoms with Crippen molar-refractivity contribution in [3.05, 3.63) is 84.0 Å². The number of thioether (sulfide) groups is 1. The average molecular weight is 789 g/mol. The van der Waals surface area contributed by atoms with Crippen molar-refractivity contribution in [1.29, 1.82) is 0 Å². The molecule has 0 aromatic heterocycles. The summed E-state index contributed by atoms with van der Waals surface area (Å²) in [4.78, 5) is 19.4. The van der Waals surface area contributed by atoms with Crippen molar-refractivity contribution in [2.45, 2.75) is 125 Å². The molecular formula is C45H60N2O8S. The number of unbranched alkanes of at least 4 members (excludes halogenated alkanes) is 2. The number of hydrogen-bond donors (Lipinski definition) is 3. The Balaban J connectivity index is 1.32. The number of aliphatic hydroxyl groups is 2. The summed E-state index contributed by atoms with van der Waals surface area (Å²) in [5.41, 5.74) is 3.97. The Kier molecular flexibility index (Phi) is 14.5. The number of hydrogen-bond acceptors (Lipinski definition) is 10. The van der Waals surface area contributed by atoms with Crippen molar-refractivity contribution in [1.82, 2.24) is 5.32 Å². The summed E-state index contributed by atoms with van der Waals surface area (Å²) >= 11 is 1.98. The standard InChI is InChI=1S/C45H60N2O8S/c1-2-25-52-45-40(56-34-17-6-7-18-34)29-38(47-55-41-20-10-13-26-51-41)36-27-32(16-8-11-23-48)35(19-9-12-24-49)42(43(36)45)37-28-33(21-22-39(37)54-45)53-44(50)46-30-31-14-4-3-5-15-31/h2-5,14-15,21-22,27-28,32,34-35,40-43,48-49H,1,6-13,16-20,23-26,29-30H2,(H,46,50)/t32-,35+,40-,41?,42+,43+,45+/m0/s1. The molecule has 0 bridgehead atoms. The first-order chi connectivity index (χ1) is 27.5. The number of fused-ring (bicyclic) bond motifs is 2. The molecule has 2 saturated carbocycles. The summed E-state index contributed by atoms with van der Waals surface area (Å²) in [6.07, 6.45) is 16.5. The monoisotopic (exact) mass is 788 g/mol. The second kappa shape index (κ2) is 19.9. The molecule has 10 nitrogen and oxygen atoms in total. The molecule has 3 fully saturated rings. The van der Waals surface area contributed by atoms with E-state index >= 15 is 0 Å². The van der Waals surface area contributed by atoms with Crippen LogP contribution in [-0.2, 0) is 20.9 Å². The first kappa shape index (κ1) is 40.8. The summed E-state index contributed by atoms with van der Waals surface area (Å²) in [7, 11) is 0. The quantitative estimate of drug-likeness (QED) is 0.0772. The lowest BCUT2D eigenvalue weighted by atomic mass is 9.56. The normalized spacial score (nSPS) is 29.1. The second-order valence-corrected chi connectivity index (χ2v) is 17.4. The van der Waals surface area contributed by atoms with Crippen molar-refractivity contribution < 1.29 is 38.8 Å². The summed E-state index contributed by atoms with van der Waals surface area (Å²) in [6.45, 7) is 5.69. The molecule has 3 aliphatic carbocycles. The number of rotatable bonds is 18. The van der Waals surface area contributed by atoms with E-state index in [0.717, 1.165) is 92.4 Å². The summed E-state index contributed by atoms with van der Waals surface area (Å²) in [5, 5.41) is 28.0. The van der Waals surface area contributed by atoms with Gasteiger partial charge >= 0.3 is 6.09 Å². The Morgan fingerprint density at radius 2 is 1.79 bits per heavy atom. The van der Waals surface area contributed by atoms with Crippen LogP contribution in [0.25, 0.3) is 0 Å². The van der Waals surface area contributed by atoms with Gasteiger partial charge in [-0.15, -0.1) is 18.3 Å². The predicted molar refractivity (Wildman–Crippen MR) is 219 cm³/mol. The molecule has 0 spiro atoms. The Labute approximate surface area is 336 Å². The number of carbonyl (C=O) groups excluding carboxylic acids is 1. The van der Waals surface area contributed by atoms with Gasteiger partial charge in [0.15, 0.2) is 0 Å². The zero-order valence-corrected chi connectivity index (χ0v) is 33.5. The molecule has 56 heavy (non-hydrogen) atoms. The molecule has 304 valence electrons. The maximum Gasteiger partial charge on any atom is 0.412 e. The molecule has 1 unspecified atom stereocenters. The minimum absolute atomic E-state index is 0.0818. The lowest BCUT2D eigenvalue weighted by molar-refractivity contribution is -0.223. The second-order valence-electron chi connectivity index (χ2n) is 15.9. The van der Waals surface area contributed by atoms with Gasteiger partial charge in [0, 0.05) is 49.3 Å². The molecule has 1 saturated heterocycles. The van der Waals surface area contributed by atoms with Crippen molar-refractivity contribution in [2.75, 3.05) is 26.4 Å². The zero-order chi connectivity index (χ0) is 38.7. The highest BCUT2D eigenvalue weighted by atomic mass is 32.2. The van der Waals surface area contributed by atoms with Crippen LogP contribution in [0.5, 0.6) is 11.5 Å². The fraction of sp³-hybridized carbons (Fsp3) is 0.600. The molecule has 2 heterocycles. The molecule has 7 atom stereocenters. The number of allylic oxidation sites excluding steroid dienone is 1. The fourth-order valence-electron chi connectivity index (χ4n) is 9.59. The van der Waals surface area contributed by atoms with Gasteiger partial charge in [-0.05, 0) is 92.5 Å². The van der Waals surface area contributed by atoms with E-state index < -0.39 is 11.9 Å². The molecule has 5 aliphatic rings. The molecule has 3 N–H and O–H groups in total. The minimum Gasteiger partial charge on any atom is -0.460 e. The highest BCUT2D eigenvalue weighted by molar-refractivity contribution is 8.00. The minimum atomic E-state index is -1.02. The van der Waals surface area contributed by atoms with Crippen LogP contribution in [0.15, 0.2) is 78.0 Å². The number of aliphatic hydroxyl groups excluding tert-OH is 2. The first-order valence-electron chi connectivity index (χ1n) is 21.0. The largest absolute Gasteiger partial charge is 0.460 e. The average Bonchev–Trinajstić information content (AvgIpc) is 3.74. The van der Waals surface area contributed by atoms with E-state index in [1.54, 1.807) is 6.08 Å². The Hall–Kier alpha value is -3.35. The highest BCUT2D eigenvalue weighted by Gasteiger charge is 2.64. The molecule has 2 aromatic rings. The number of amides is 1. The number of ether oxygens (including phenoxy) is 4. The van der Waals surface area contributed by atoms with E-state index in [0.29, 0.717) is 43.6 Å². The molecule has 1 amide bonds. The van der Waals surface area contributed by atoms with E-state index in [9.17, 15) is 15.0 Å². The molecule has 2 aliphatic heterocycles.